The first-order valence-electron chi connectivity index (χ1n) is 5.56. The summed E-state index contributed by atoms with van der Waals surface area (Å²) in [5, 5.41) is 26.7. The SMILES string of the molecule is O=C(O)CCCCNS(=O)(=O)c1ccc(O)c(O)c1. The van der Waals surface area contributed by atoms with Crippen LogP contribution in [0.15, 0.2) is 23.1 Å². The van der Waals surface area contributed by atoms with E-state index in [1.807, 2.05) is 0 Å². The van der Waals surface area contributed by atoms with E-state index in [-0.39, 0.29) is 17.9 Å². The molecule has 1 rings (SSSR count). The molecule has 0 aliphatic carbocycles. The van der Waals surface area contributed by atoms with E-state index >= 15 is 0 Å². The van der Waals surface area contributed by atoms with Crippen molar-refractivity contribution in [3.63, 3.8) is 0 Å². The highest BCUT2D eigenvalue weighted by Crippen LogP contribution is 2.26. The normalized spacial score (nSPS) is 11.4. The van der Waals surface area contributed by atoms with Crippen molar-refractivity contribution in [1.82, 2.24) is 4.72 Å². The molecule has 19 heavy (non-hydrogen) atoms. The summed E-state index contributed by atoms with van der Waals surface area (Å²) >= 11 is 0. The Bertz CT molecular complexity index is 554. The number of phenolic OH excluding ortho intramolecular Hbond substituents is 2. The quantitative estimate of drug-likeness (QED) is 0.431. The van der Waals surface area contributed by atoms with Gasteiger partial charge < -0.3 is 15.3 Å². The van der Waals surface area contributed by atoms with Crippen molar-refractivity contribution >= 4 is 16.0 Å². The molecule has 0 aliphatic rings. The maximum Gasteiger partial charge on any atom is 0.303 e. The van der Waals surface area contributed by atoms with Crippen LogP contribution in [0.3, 0.4) is 0 Å². The zero-order chi connectivity index (χ0) is 14.5. The maximum absolute atomic E-state index is 11.8. The van der Waals surface area contributed by atoms with Crippen LogP contribution in [0.1, 0.15) is 19.3 Å². The average Bonchev–Trinajstić information content (AvgIpc) is 2.31. The molecule has 0 atom stereocenters. The standard InChI is InChI=1S/C11H15NO6S/c13-9-5-4-8(7-10(9)14)19(17,18)12-6-2-1-3-11(15)16/h4-5,7,12-14H,1-3,6H2,(H,15,16). The lowest BCUT2D eigenvalue weighted by Crippen LogP contribution is -2.24. The number of aromatic hydroxyl groups is 2. The molecule has 0 spiro atoms. The zero-order valence-electron chi connectivity index (χ0n) is 10.0. The number of carbonyl (C=O) groups is 1. The summed E-state index contributed by atoms with van der Waals surface area (Å²) in [5.74, 6) is -1.85. The Kier molecular flexibility index (Phi) is 5.13. The predicted octanol–water partition coefficient (Wildman–Crippen LogP) is 0.631. The lowest BCUT2D eigenvalue weighted by Gasteiger charge is -2.07. The predicted molar refractivity (Wildman–Crippen MR) is 66.4 cm³/mol. The summed E-state index contributed by atoms with van der Waals surface area (Å²) in [6.45, 7) is 0.108. The van der Waals surface area contributed by atoms with Crippen LogP contribution in [0.4, 0.5) is 0 Å². The van der Waals surface area contributed by atoms with E-state index in [1.165, 1.54) is 0 Å². The van der Waals surface area contributed by atoms with Gasteiger partial charge in [0.2, 0.25) is 10.0 Å². The van der Waals surface area contributed by atoms with E-state index in [4.69, 9.17) is 10.2 Å². The molecular weight excluding hydrogens is 274 g/mol. The number of carboxylic acids is 1. The smallest absolute Gasteiger partial charge is 0.303 e. The second-order valence-electron chi connectivity index (χ2n) is 3.90. The Morgan fingerprint density at radius 3 is 2.42 bits per heavy atom. The van der Waals surface area contributed by atoms with E-state index in [1.54, 1.807) is 0 Å². The van der Waals surface area contributed by atoms with Gasteiger partial charge in [-0.05, 0) is 25.0 Å². The number of hydrogen-bond donors (Lipinski definition) is 4. The van der Waals surface area contributed by atoms with E-state index in [2.05, 4.69) is 4.72 Å². The Morgan fingerprint density at radius 1 is 1.16 bits per heavy atom. The highest BCUT2D eigenvalue weighted by Gasteiger charge is 2.15. The van der Waals surface area contributed by atoms with Gasteiger partial charge in [0.1, 0.15) is 0 Å². The van der Waals surface area contributed by atoms with Gasteiger partial charge in [-0.2, -0.15) is 0 Å². The molecule has 1 aromatic carbocycles. The number of sulfonamides is 1. The van der Waals surface area contributed by atoms with Crippen molar-refractivity contribution < 1.29 is 28.5 Å². The minimum atomic E-state index is -3.77. The van der Waals surface area contributed by atoms with Crippen LogP contribution in [-0.4, -0.2) is 36.3 Å². The first-order valence-corrected chi connectivity index (χ1v) is 7.04. The first-order chi connectivity index (χ1) is 8.83. The molecule has 0 saturated heterocycles. The van der Waals surface area contributed by atoms with Gasteiger partial charge in [0, 0.05) is 19.0 Å². The van der Waals surface area contributed by atoms with E-state index in [0.717, 1.165) is 18.2 Å². The van der Waals surface area contributed by atoms with Crippen LogP contribution in [0, 0.1) is 0 Å². The van der Waals surface area contributed by atoms with Crippen molar-refractivity contribution in [3.8, 4) is 11.5 Å². The van der Waals surface area contributed by atoms with Gasteiger partial charge in [-0.1, -0.05) is 0 Å². The number of aliphatic carboxylic acids is 1. The van der Waals surface area contributed by atoms with Crippen molar-refractivity contribution in [2.45, 2.75) is 24.2 Å². The zero-order valence-corrected chi connectivity index (χ0v) is 10.9. The monoisotopic (exact) mass is 289 g/mol. The third-order valence-electron chi connectivity index (χ3n) is 2.37. The highest BCUT2D eigenvalue weighted by atomic mass is 32.2. The Labute approximate surface area is 110 Å². The molecule has 0 saturated carbocycles. The van der Waals surface area contributed by atoms with Gasteiger partial charge >= 0.3 is 5.97 Å². The van der Waals surface area contributed by atoms with Gasteiger partial charge in [-0.25, -0.2) is 13.1 Å². The van der Waals surface area contributed by atoms with Crippen LogP contribution < -0.4 is 4.72 Å². The molecule has 4 N–H and O–H groups in total. The molecule has 8 heteroatoms. The summed E-state index contributed by atoms with van der Waals surface area (Å²) in [7, 11) is -3.77. The maximum atomic E-state index is 11.8. The van der Waals surface area contributed by atoms with Crippen LogP contribution in [0.25, 0.3) is 0 Å². The molecule has 0 fully saturated rings. The molecule has 1 aromatic rings. The lowest BCUT2D eigenvalue weighted by molar-refractivity contribution is -0.137. The number of hydrogen-bond acceptors (Lipinski definition) is 5. The summed E-state index contributed by atoms with van der Waals surface area (Å²) in [4.78, 5) is 10.1. The number of phenols is 2. The third kappa shape index (κ3) is 4.76. The molecular formula is C11H15NO6S. The summed E-state index contributed by atoms with van der Waals surface area (Å²) < 4.78 is 25.8. The second kappa shape index (κ2) is 6.39. The minimum Gasteiger partial charge on any atom is -0.504 e. The topological polar surface area (TPSA) is 124 Å². The molecule has 106 valence electrons. The fourth-order valence-electron chi connectivity index (χ4n) is 1.36. The summed E-state index contributed by atoms with van der Waals surface area (Å²) in [5.41, 5.74) is 0. The Balaban J connectivity index is 2.56. The van der Waals surface area contributed by atoms with Crippen LogP contribution in [-0.2, 0) is 14.8 Å². The molecule has 7 nitrogen and oxygen atoms in total. The molecule has 0 amide bonds. The van der Waals surface area contributed by atoms with Crippen molar-refractivity contribution in [2.75, 3.05) is 6.54 Å². The number of unbranched alkanes of at least 4 members (excludes halogenated alkanes) is 1. The van der Waals surface area contributed by atoms with Crippen LogP contribution >= 0.6 is 0 Å². The second-order valence-corrected chi connectivity index (χ2v) is 5.67. The van der Waals surface area contributed by atoms with Crippen LogP contribution in [0.2, 0.25) is 0 Å². The van der Waals surface area contributed by atoms with Crippen LogP contribution in [0.5, 0.6) is 11.5 Å². The Morgan fingerprint density at radius 2 is 1.84 bits per heavy atom. The Hall–Kier alpha value is -1.80. The average molecular weight is 289 g/mol. The van der Waals surface area contributed by atoms with E-state index < -0.39 is 27.5 Å². The molecule has 0 aliphatic heterocycles. The molecule has 0 radical (unpaired) electrons. The van der Waals surface area contributed by atoms with Gasteiger partial charge in [0.05, 0.1) is 4.90 Å². The number of rotatable bonds is 7. The number of nitrogens with one attached hydrogen (secondary N) is 1. The minimum absolute atomic E-state index is 0.0122. The number of benzene rings is 1. The summed E-state index contributed by atoms with van der Waals surface area (Å²) in [6, 6.07) is 3.18. The largest absolute Gasteiger partial charge is 0.504 e. The molecule has 0 aromatic heterocycles. The fraction of sp³-hybridized carbons (Fsp3) is 0.364. The fourth-order valence-corrected chi connectivity index (χ4v) is 2.46. The highest BCUT2D eigenvalue weighted by molar-refractivity contribution is 7.89. The van der Waals surface area contributed by atoms with Crippen molar-refractivity contribution in [2.24, 2.45) is 0 Å². The van der Waals surface area contributed by atoms with E-state index in [9.17, 15) is 18.3 Å². The van der Waals surface area contributed by atoms with Crippen molar-refractivity contribution in [3.05, 3.63) is 18.2 Å². The number of carboxylic acid groups (broad SMARTS) is 1. The van der Waals surface area contributed by atoms with Crippen molar-refractivity contribution in [1.29, 1.82) is 0 Å². The summed E-state index contributed by atoms with van der Waals surface area (Å²) in [6.07, 6.45) is 0.760. The van der Waals surface area contributed by atoms with Gasteiger partial charge in [-0.3, -0.25) is 4.79 Å². The molecule has 0 bridgehead atoms. The van der Waals surface area contributed by atoms with Gasteiger partial charge in [0.25, 0.3) is 0 Å². The van der Waals surface area contributed by atoms with Gasteiger partial charge in [-0.15, -0.1) is 0 Å². The molecule has 0 unspecified atom stereocenters. The molecule has 0 heterocycles. The lowest BCUT2D eigenvalue weighted by atomic mass is 10.2. The first kappa shape index (κ1) is 15.3. The third-order valence-corrected chi connectivity index (χ3v) is 3.83. The van der Waals surface area contributed by atoms with Gasteiger partial charge in [0.15, 0.2) is 11.5 Å². The van der Waals surface area contributed by atoms with E-state index in [0.29, 0.717) is 12.8 Å².